The van der Waals surface area contributed by atoms with Crippen LogP contribution in [0.15, 0.2) is 53.7 Å². The molecule has 0 spiro atoms. The van der Waals surface area contributed by atoms with Crippen LogP contribution in [0.4, 0.5) is 11.6 Å². The number of hydrogen-bond donors (Lipinski definition) is 2. The number of nitrogens with two attached hydrogens (primary N) is 1. The number of aromatic nitrogens is 3. The highest BCUT2D eigenvalue weighted by atomic mass is 32.2. The third-order valence-electron chi connectivity index (χ3n) is 3.93. The summed E-state index contributed by atoms with van der Waals surface area (Å²) in [5.41, 5.74) is 7.63. The number of nitrogen functional groups attached to an aromatic ring is 1. The Bertz CT molecular complexity index is 946. The molecule has 1 amide bonds. The maximum atomic E-state index is 12.5. The fourth-order valence-corrected chi connectivity index (χ4v) is 3.44. The van der Waals surface area contributed by atoms with Crippen molar-refractivity contribution in [3.8, 4) is 11.5 Å². The number of methoxy groups -OCH3 is 2. The Balaban J connectivity index is 1.66. The van der Waals surface area contributed by atoms with Gasteiger partial charge in [-0.3, -0.25) is 9.36 Å². The van der Waals surface area contributed by atoms with Crippen LogP contribution in [-0.2, 0) is 17.1 Å². The number of rotatable bonds is 8. The zero-order valence-corrected chi connectivity index (χ0v) is 16.4. The van der Waals surface area contributed by atoms with E-state index in [4.69, 9.17) is 15.2 Å². The molecule has 0 atom stereocenters. The van der Waals surface area contributed by atoms with E-state index in [1.165, 1.54) is 18.9 Å². The normalized spacial score (nSPS) is 10.5. The van der Waals surface area contributed by atoms with Gasteiger partial charge in [0.05, 0.1) is 14.2 Å². The number of ether oxygens (including phenoxy) is 2. The minimum Gasteiger partial charge on any atom is -0.493 e. The number of hydrogen-bond acceptors (Lipinski definition) is 7. The summed E-state index contributed by atoms with van der Waals surface area (Å²) in [7, 11) is 3.09. The maximum Gasteiger partial charge on any atom is 0.244 e. The number of anilines is 2. The van der Waals surface area contributed by atoms with Crippen LogP contribution >= 0.6 is 11.8 Å². The van der Waals surface area contributed by atoms with Crippen LogP contribution in [-0.4, -0.2) is 34.9 Å². The first kappa shape index (κ1) is 19.6. The van der Waals surface area contributed by atoms with E-state index in [0.29, 0.717) is 28.1 Å². The van der Waals surface area contributed by atoms with Crippen molar-refractivity contribution in [3.05, 3.63) is 54.1 Å². The van der Waals surface area contributed by atoms with Crippen molar-refractivity contribution in [1.82, 2.24) is 14.8 Å². The van der Waals surface area contributed by atoms with Crippen molar-refractivity contribution >= 4 is 29.3 Å². The molecular weight excluding hydrogens is 378 g/mol. The second-order valence-electron chi connectivity index (χ2n) is 5.82. The summed E-state index contributed by atoms with van der Waals surface area (Å²) in [6, 6.07) is 15.1. The van der Waals surface area contributed by atoms with Gasteiger partial charge in [-0.2, -0.15) is 0 Å². The molecule has 2 aromatic carbocycles. The molecule has 0 saturated heterocycles. The van der Waals surface area contributed by atoms with Crippen LogP contribution in [0.2, 0.25) is 0 Å². The smallest absolute Gasteiger partial charge is 0.244 e. The Kier molecular flexibility index (Phi) is 6.38. The van der Waals surface area contributed by atoms with Gasteiger partial charge in [0.2, 0.25) is 11.9 Å². The van der Waals surface area contributed by atoms with Gasteiger partial charge in [0.1, 0.15) is 6.54 Å². The standard InChI is InChI=1S/C19H21N5O3S/c1-26-15-9-8-14(10-16(15)27-2)21-17(25)11-24-18(20)22-23-19(24)28-12-13-6-4-3-5-7-13/h3-10H,11-12H2,1-2H3,(H2,20,22)(H,21,25). The van der Waals surface area contributed by atoms with E-state index in [9.17, 15) is 4.79 Å². The minimum atomic E-state index is -0.250. The first-order chi connectivity index (χ1) is 13.6. The molecule has 0 saturated carbocycles. The lowest BCUT2D eigenvalue weighted by atomic mass is 10.2. The van der Waals surface area contributed by atoms with E-state index >= 15 is 0 Å². The lowest BCUT2D eigenvalue weighted by Gasteiger charge is -2.12. The number of amides is 1. The molecule has 3 aromatic rings. The minimum absolute atomic E-state index is 0.00427. The SMILES string of the molecule is COc1ccc(NC(=O)Cn2c(N)nnc2SCc2ccccc2)cc1OC. The third-order valence-corrected chi connectivity index (χ3v) is 4.96. The van der Waals surface area contributed by atoms with Gasteiger partial charge in [-0.15, -0.1) is 10.2 Å². The third kappa shape index (κ3) is 4.74. The zero-order chi connectivity index (χ0) is 19.9. The lowest BCUT2D eigenvalue weighted by Crippen LogP contribution is -2.20. The maximum absolute atomic E-state index is 12.5. The van der Waals surface area contributed by atoms with Crippen molar-refractivity contribution in [2.75, 3.05) is 25.3 Å². The topological polar surface area (TPSA) is 104 Å². The summed E-state index contributed by atoms with van der Waals surface area (Å²) in [5.74, 6) is 1.76. The van der Waals surface area contributed by atoms with Gasteiger partial charge in [0, 0.05) is 17.5 Å². The van der Waals surface area contributed by atoms with Crippen molar-refractivity contribution in [3.63, 3.8) is 0 Å². The highest BCUT2D eigenvalue weighted by Gasteiger charge is 2.15. The van der Waals surface area contributed by atoms with E-state index < -0.39 is 0 Å². The average Bonchev–Trinajstić information content (AvgIpc) is 3.06. The van der Waals surface area contributed by atoms with Crippen LogP contribution in [0, 0.1) is 0 Å². The highest BCUT2D eigenvalue weighted by molar-refractivity contribution is 7.98. The molecule has 0 aliphatic carbocycles. The first-order valence-electron chi connectivity index (χ1n) is 8.48. The zero-order valence-electron chi connectivity index (χ0n) is 15.6. The first-order valence-corrected chi connectivity index (χ1v) is 9.46. The molecule has 3 N–H and O–H groups in total. The molecule has 0 radical (unpaired) electrons. The Morgan fingerprint density at radius 1 is 1.11 bits per heavy atom. The van der Waals surface area contributed by atoms with Gasteiger partial charge >= 0.3 is 0 Å². The van der Waals surface area contributed by atoms with E-state index in [2.05, 4.69) is 15.5 Å². The van der Waals surface area contributed by atoms with Crippen LogP contribution in [0.1, 0.15) is 5.56 Å². The second kappa shape index (κ2) is 9.14. The summed E-state index contributed by atoms with van der Waals surface area (Å²) in [4.78, 5) is 12.5. The van der Waals surface area contributed by atoms with Gasteiger partial charge in [-0.1, -0.05) is 42.1 Å². The molecule has 3 rings (SSSR count). The Morgan fingerprint density at radius 3 is 2.57 bits per heavy atom. The summed E-state index contributed by atoms with van der Waals surface area (Å²) < 4.78 is 12.0. The quantitative estimate of drug-likeness (QED) is 0.561. The average molecular weight is 399 g/mol. The second-order valence-corrected chi connectivity index (χ2v) is 6.76. The number of thioether (sulfide) groups is 1. The fraction of sp³-hybridized carbons (Fsp3) is 0.211. The number of benzene rings is 2. The molecule has 9 heteroatoms. The highest BCUT2D eigenvalue weighted by Crippen LogP contribution is 2.30. The van der Waals surface area contributed by atoms with E-state index in [1.54, 1.807) is 29.9 Å². The molecule has 28 heavy (non-hydrogen) atoms. The monoisotopic (exact) mass is 399 g/mol. The molecular formula is C19H21N5O3S. The van der Waals surface area contributed by atoms with Crippen molar-refractivity contribution in [1.29, 1.82) is 0 Å². The molecule has 1 heterocycles. The van der Waals surface area contributed by atoms with Crippen LogP contribution in [0.5, 0.6) is 11.5 Å². The summed E-state index contributed by atoms with van der Waals surface area (Å²) in [6.45, 7) is 0.00427. The lowest BCUT2D eigenvalue weighted by molar-refractivity contribution is -0.116. The van der Waals surface area contributed by atoms with E-state index in [0.717, 1.165) is 5.56 Å². The largest absolute Gasteiger partial charge is 0.493 e. The molecule has 8 nitrogen and oxygen atoms in total. The fourth-order valence-electron chi connectivity index (χ4n) is 2.54. The van der Waals surface area contributed by atoms with Gasteiger partial charge in [0.25, 0.3) is 0 Å². The van der Waals surface area contributed by atoms with E-state index in [1.807, 2.05) is 30.3 Å². The molecule has 146 valence electrons. The van der Waals surface area contributed by atoms with Crippen LogP contribution in [0.25, 0.3) is 0 Å². The van der Waals surface area contributed by atoms with Crippen LogP contribution in [0.3, 0.4) is 0 Å². The Hall–Kier alpha value is -3.20. The Labute approximate surface area is 167 Å². The molecule has 1 aromatic heterocycles. The molecule has 0 fully saturated rings. The molecule has 0 bridgehead atoms. The Morgan fingerprint density at radius 2 is 1.86 bits per heavy atom. The van der Waals surface area contributed by atoms with Gasteiger partial charge in [-0.25, -0.2) is 0 Å². The van der Waals surface area contributed by atoms with Crippen molar-refractivity contribution < 1.29 is 14.3 Å². The van der Waals surface area contributed by atoms with Crippen LogP contribution < -0.4 is 20.5 Å². The number of nitrogens with zero attached hydrogens (tertiary/aromatic N) is 3. The van der Waals surface area contributed by atoms with Crippen molar-refractivity contribution in [2.45, 2.75) is 17.5 Å². The van der Waals surface area contributed by atoms with Gasteiger partial charge in [0.15, 0.2) is 16.7 Å². The molecule has 0 aliphatic heterocycles. The number of carbonyl (C=O) groups is 1. The summed E-state index contributed by atoms with van der Waals surface area (Å²) in [5, 5.41) is 11.4. The predicted molar refractivity (Wildman–Crippen MR) is 109 cm³/mol. The predicted octanol–water partition coefficient (Wildman–Crippen LogP) is 2.81. The van der Waals surface area contributed by atoms with Gasteiger partial charge in [-0.05, 0) is 17.7 Å². The number of nitrogens with one attached hydrogen (secondary N) is 1. The summed E-state index contributed by atoms with van der Waals surface area (Å²) >= 11 is 1.47. The van der Waals surface area contributed by atoms with Crippen molar-refractivity contribution in [2.24, 2.45) is 0 Å². The van der Waals surface area contributed by atoms with E-state index in [-0.39, 0.29) is 18.4 Å². The molecule has 0 aliphatic rings. The number of carbonyl (C=O) groups excluding carboxylic acids is 1. The summed E-state index contributed by atoms with van der Waals surface area (Å²) in [6.07, 6.45) is 0. The van der Waals surface area contributed by atoms with Gasteiger partial charge < -0.3 is 20.5 Å². The molecule has 0 unspecified atom stereocenters.